The van der Waals surface area contributed by atoms with Gasteiger partial charge in [0, 0.05) is 31.6 Å². The van der Waals surface area contributed by atoms with Gasteiger partial charge in [0.05, 0.1) is 0 Å². The van der Waals surface area contributed by atoms with Crippen molar-refractivity contribution in [2.45, 2.75) is 25.7 Å². The Bertz CT molecular complexity index is 693. The highest BCUT2D eigenvalue weighted by atomic mass is 16.4. The van der Waals surface area contributed by atoms with Gasteiger partial charge in [-0.1, -0.05) is 37.3 Å². The monoisotopic (exact) mass is 331 g/mol. The molecule has 1 heterocycles. The first-order chi connectivity index (χ1) is 11.6. The van der Waals surface area contributed by atoms with Crippen LogP contribution in [-0.2, 0) is 6.42 Å². The molecule has 0 aliphatic heterocycles. The van der Waals surface area contributed by atoms with Crippen LogP contribution in [0, 0.1) is 0 Å². The van der Waals surface area contributed by atoms with E-state index in [4.69, 9.17) is 9.52 Å². The Morgan fingerprint density at radius 1 is 1.25 bits per heavy atom. The van der Waals surface area contributed by atoms with E-state index in [-0.39, 0.29) is 29.6 Å². The molecule has 1 unspecified atom stereocenters. The van der Waals surface area contributed by atoms with Crippen LogP contribution in [0.5, 0.6) is 0 Å². The Morgan fingerprint density at radius 3 is 2.50 bits per heavy atom. The van der Waals surface area contributed by atoms with Gasteiger partial charge in [-0.05, 0) is 12.0 Å². The van der Waals surface area contributed by atoms with Crippen LogP contribution in [0.15, 0.2) is 40.8 Å². The van der Waals surface area contributed by atoms with Gasteiger partial charge in [-0.2, -0.15) is 0 Å². The fourth-order valence-corrected chi connectivity index (χ4v) is 2.55. The molecule has 1 atom stereocenters. The summed E-state index contributed by atoms with van der Waals surface area (Å²) in [6.45, 7) is 2.10. The maximum absolute atomic E-state index is 12.2. The Morgan fingerprint density at radius 2 is 1.96 bits per heavy atom. The number of carboxylic acid groups (broad SMARTS) is 1. The van der Waals surface area contributed by atoms with Crippen LogP contribution in [0.2, 0.25) is 0 Å². The van der Waals surface area contributed by atoms with Crippen LogP contribution >= 0.6 is 0 Å². The van der Waals surface area contributed by atoms with Crippen molar-refractivity contribution < 1.29 is 24.2 Å². The highest BCUT2D eigenvalue weighted by Crippen LogP contribution is 2.19. The SMILES string of the molecule is CCc1oc(C(=O)NCC(CCO)c2ccccc2)cc1C(=O)O. The molecule has 0 spiro atoms. The fraction of sp³-hybridized carbons (Fsp3) is 0.333. The molecule has 2 aromatic rings. The smallest absolute Gasteiger partial charge is 0.339 e. The molecule has 0 radical (unpaired) electrons. The van der Waals surface area contributed by atoms with Crippen molar-refractivity contribution in [3.05, 3.63) is 59.0 Å². The summed E-state index contributed by atoms with van der Waals surface area (Å²) in [5, 5.41) is 21.1. The number of aliphatic hydroxyl groups is 1. The number of hydrogen-bond donors (Lipinski definition) is 3. The summed E-state index contributed by atoms with van der Waals surface area (Å²) in [5.41, 5.74) is 1.03. The van der Waals surface area contributed by atoms with E-state index in [9.17, 15) is 14.7 Å². The van der Waals surface area contributed by atoms with Crippen LogP contribution in [-0.4, -0.2) is 35.2 Å². The maximum atomic E-state index is 12.2. The minimum atomic E-state index is -1.11. The molecule has 3 N–H and O–H groups in total. The summed E-state index contributed by atoms with van der Waals surface area (Å²) >= 11 is 0. The first-order valence-corrected chi connectivity index (χ1v) is 7.86. The van der Waals surface area contributed by atoms with Gasteiger partial charge in [-0.3, -0.25) is 4.79 Å². The van der Waals surface area contributed by atoms with Crippen LogP contribution in [0.4, 0.5) is 0 Å². The fourth-order valence-electron chi connectivity index (χ4n) is 2.55. The molecule has 1 aromatic heterocycles. The van der Waals surface area contributed by atoms with Crippen molar-refractivity contribution >= 4 is 11.9 Å². The molecule has 6 heteroatoms. The molecule has 128 valence electrons. The van der Waals surface area contributed by atoms with Gasteiger partial charge in [-0.25, -0.2) is 4.79 Å². The molecule has 24 heavy (non-hydrogen) atoms. The number of rotatable bonds is 8. The first-order valence-electron chi connectivity index (χ1n) is 7.86. The molecule has 6 nitrogen and oxygen atoms in total. The third-order valence-electron chi connectivity index (χ3n) is 3.84. The van der Waals surface area contributed by atoms with E-state index in [1.807, 2.05) is 30.3 Å². The second-order valence-electron chi connectivity index (χ2n) is 5.44. The largest absolute Gasteiger partial charge is 0.478 e. The van der Waals surface area contributed by atoms with Gasteiger partial charge in [-0.15, -0.1) is 0 Å². The van der Waals surface area contributed by atoms with Gasteiger partial charge < -0.3 is 19.9 Å². The molecule has 0 saturated heterocycles. The molecule has 0 aliphatic carbocycles. The third kappa shape index (κ3) is 4.23. The second-order valence-corrected chi connectivity index (χ2v) is 5.44. The van der Waals surface area contributed by atoms with Crippen molar-refractivity contribution in [2.75, 3.05) is 13.2 Å². The summed E-state index contributed by atoms with van der Waals surface area (Å²) in [6.07, 6.45) is 0.912. The van der Waals surface area contributed by atoms with Crippen molar-refractivity contribution in [1.29, 1.82) is 0 Å². The molecule has 2 rings (SSSR count). The third-order valence-corrected chi connectivity index (χ3v) is 3.84. The highest BCUT2D eigenvalue weighted by Gasteiger charge is 2.21. The molecule has 0 saturated carbocycles. The quantitative estimate of drug-likeness (QED) is 0.690. The van der Waals surface area contributed by atoms with Crippen LogP contribution < -0.4 is 5.32 Å². The van der Waals surface area contributed by atoms with Crippen molar-refractivity contribution in [2.24, 2.45) is 0 Å². The summed E-state index contributed by atoms with van der Waals surface area (Å²) in [5.74, 6) is -1.34. The Balaban J connectivity index is 2.07. The van der Waals surface area contributed by atoms with Crippen molar-refractivity contribution in [1.82, 2.24) is 5.32 Å². The number of carboxylic acids is 1. The lowest BCUT2D eigenvalue weighted by Crippen LogP contribution is -2.28. The molecule has 0 aliphatic rings. The average molecular weight is 331 g/mol. The molecule has 1 aromatic carbocycles. The molecule has 0 bridgehead atoms. The Hall–Kier alpha value is -2.60. The Kier molecular flexibility index (Phi) is 6.14. The number of furan rings is 1. The highest BCUT2D eigenvalue weighted by molar-refractivity contribution is 5.96. The molecular weight excluding hydrogens is 310 g/mol. The average Bonchev–Trinajstić information content (AvgIpc) is 3.04. The van der Waals surface area contributed by atoms with Gasteiger partial charge in [0.1, 0.15) is 11.3 Å². The minimum absolute atomic E-state index is 0.0117. The number of nitrogens with one attached hydrogen (secondary N) is 1. The molecule has 1 amide bonds. The number of aliphatic hydroxyl groups excluding tert-OH is 1. The van der Waals surface area contributed by atoms with E-state index in [1.54, 1.807) is 6.92 Å². The number of aryl methyl sites for hydroxylation is 1. The van der Waals surface area contributed by atoms with Crippen LogP contribution in [0.25, 0.3) is 0 Å². The predicted octanol–water partition coefficient (Wildman–Crippen LogP) is 2.44. The van der Waals surface area contributed by atoms with Gasteiger partial charge >= 0.3 is 5.97 Å². The van der Waals surface area contributed by atoms with E-state index in [0.29, 0.717) is 19.4 Å². The van der Waals surface area contributed by atoms with Crippen molar-refractivity contribution in [3.8, 4) is 0 Å². The molecule has 0 fully saturated rings. The van der Waals surface area contributed by atoms with Crippen LogP contribution in [0.3, 0.4) is 0 Å². The summed E-state index contributed by atoms with van der Waals surface area (Å²) in [4.78, 5) is 23.4. The number of carbonyl (C=O) groups excluding carboxylic acids is 1. The maximum Gasteiger partial charge on any atom is 0.339 e. The lowest BCUT2D eigenvalue weighted by Gasteiger charge is -2.16. The second kappa shape index (κ2) is 8.31. The zero-order valence-electron chi connectivity index (χ0n) is 13.5. The van der Waals surface area contributed by atoms with E-state index in [1.165, 1.54) is 6.07 Å². The topological polar surface area (TPSA) is 99.8 Å². The zero-order chi connectivity index (χ0) is 17.5. The first kappa shape index (κ1) is 17.7. The lowest BCUT2D eigenvalue weighted by atomic mass is 9.96. The van der Waals surface area contributed by atoms with Crippen molar-refractivity contribution in [3.63, 3.8) is 0 Å². The predicted molar refractivity (Wildman–Crippen MR) is 88.3 cm³/mol. The van der Waals surface area contributed by atoms with Crippen LogP contribution in [0.1, 0.15) is 51.5 Å². The van der Waals surface area contributed by atoms with Gasteiger partial charge in [0.25, 0.3) is 5.91 Å². The summed E-state index contributed by atoms with van der Waals surface area (Å²) < 4.78 is 5.34. The van der Waals surface area contributed by atoms with E-state index in [2.05, 4.69) is 5.32 Å². The lowest BCUT2D eigenvalue weighted by molar-refractivity contribution is 0.0694. The minimum Gasteiger partial charge on any atom is -0.478 e. The molecular formula is C18H21NO5. The van der Waals surface area contributed by atoms with E-state index >= 15 is 0 Å². The zero-order valence-corrected chi connectivity index (χ0v) is 13.5. The number of benzene rings is 1. The van der Waals surface area contributed by atoms with E-state index in [0.717, 1.165) is 5.56 Å². The number of carbonyl (C=O) groups is 2. The normalized spacial score (nSPS) is 11.9. The number of aromatic carboxylic acids is 1. The standard InChI is InChI=1S/C18H21NO5/c1-2-15-14(18(22)23)10-16(24-15)17(21)19-11-13(8-9-20)12-6-4-3-5-7-12/h3-7,10,13,20H,2,8-9,11H2,1H3,(H,19,21)(H,22,23). The number of hydrogen-bond acceptors (Lipinski definition) is 4. The van der Waals surface area contributed by atoms with Gasteiger partial charge in [0.15, 0.2) is 5.76 Å². The van der Waals surface area contributed by atoms with Gasteiger partial charge in [0.2, 0.25) is 0 Å². The number of amides is 1. The summed E-state index contributed by atoms with van der Waals surface area (Å²) in [7, 11) is 0. The summed E-state index contributed by atoms with van der Waals surface area (Å²) in [6, 6.07) is 10.8. The van der Waals surface area contributed by atoms with E-state index < -0.39 is 11.9 Å². The Labute approximate surface area is 140 Å².